The smallest absolute Gasteiger partial charge is 0.247 e. The van der Waals surface area contributed by atoms with Crippen molar-refractivity contribution in [3.8, 4) is 28.4 Å². The van der Waals surface area contributed by atoms with Gasteiger partial charge in [-0.1, -0.05) is 36.7 Å². The highest BCUT2D eigenvalue weighted by Gasteiger charge is 2.23. The van der Waals surface area contributed by atoms with Gasteiger partial charge in [0, 0.05) is 60.3 Å². The Bertz CT molecular complexity index is 1910. The van der Waals surface area contributed by atoms with Crippen LogP contribution in [0.4, 0.5) is 17.3 Å². The van der Waals surface area contributed by atoms with Crippen molar-refractivity contribution in [1.82, 2.24) is 24.3 Å². The molecule has 0 spiro atoms. The Balaban J connectivity index is 1.35. The molecule has 13 heteroatoms. The van der Waals surface area contributed by atoms with E-state index in [9.17, 15) is 4.79 Å². The molecule has 6 rings (SSSR count). The predicted octanol–water partition coefficient (Wildman–Crippen LogP) is 7.00. The fraction of sp³-hybridized carbons (Fsp3) is 0.273. The van der Waals surface area contributed by atoms with E-state index in [2.05, 4.69) is 39.0 Å². The van der Waals surface area contributed by atoms with Gasteiger partial charge in [-0.3, -0.25) is 9.20 Å². The van der Waals surface area contributed by atoms with E-state index in [0.717, 1.165) is 32.5 Å². The van der Waals surface area contributed by atoms with Crippen LogP contribution in [0.15, 0.2) is 61.6 Å². The second-order valence-electron chi connectivity index (χ2n) is 10.7. The monoisotopic (exact) mass is 661 g/mol. The zero-order valence-electron chi connectivity index (χ0n) is 25.6. The molecule has 238 valence electrons. The summed E-state index contributed by atoms with van der Waals surface area (Å²) in [6, 6.07) is 9.01. The number of fused-ring (bicyclic) bond motifs is 3. The number of amides is 1. The van der Waals surface area contributed by atoms with Crippen molar-refractivity contribution in [1.29, 1.82) is 0 Å². The molecule has 1 aliphatic heterocycles. The first-order valence-corrected chi connectivity index (χ1v) is 15.6. The average Bonchev–Trinajstić information content (AvgIpc) is 3.57. The van der Waals surface area contributed by atoms with Crippen LogP contribution in [0.3, 0.4) is 0 Å². The van der Waals surface area contributed by atoms with Gasteiger partial charge in [-0.2, -0.15) is 4.98 Å². The number of nitrogens with zero attached hydrogens (tertiary/aromatic N) is 5. The molecule has 2 N–H and O–H groups in total. The van der Waals surface area contributed by atoms with Crippen LogP contribution in [0, 0.1) is 0 Å². The molecule has 0 bridgehead atoms. The van der Waals surface area contributed by atoms with Crippen molar-refractivity contribution in [3.63, 3.8) is 0 Å². The molecule has 11 nitrogen and oxygen atoms in total. The Morgan fingerprint density at radius 3 is 2.46 bits per heavy atom. The lowest BCUT2D eigenvalue weighted by Gasteiger charge is -2.31. The van der Waals surface area contributed by atoms with Gasteiger partial charge in [0.1, 0.15) is 29.0 Å². The lowest BCUT2D eigenvalue weighted by molar-refractivity contribution is -0.111. The number of methoxy groups -OCH3 is 2. The first kappa shape index (κ1) is 31.4. The molecule has 0 aliphatic carbocycles. The van der Waals surface area contributed by atoms with Gasteiger partial charge in [0.25, 0.3) is 0 Å². The third-order valence-electron chi connectivity index (χ3n) is 8.01. The minimum absolute atomic E-state index is 0.110. The van der Waals surface area contributed by atoms with Gasteiger partial charge in [-0.15, -0.1) is 0 Å². The van der Waals surface area contributed by atoms with Crippen LogP contribution in [-0.2, 0) is 4.79 Å². The highest BCUT2D eigenvalue weighted by molar-refractivity contribution is 6.41. The summed E-state index contributed by atoms with van der Waals surface area (Å²) in [7, 11) is 3.05. The molecule has 1 aliphatic rings. The summed E-state index contributed by atoms with van der Waals surface area (Å²) in [5, 5.41) is 7.47. The molecule has 0 atom stereocenters. The summed E-state index contributed by atoms with van der Waals surface area (Å²) in [6.45, 7) is 8.79. The molecule has 0 saturated carbocycles. The number of piperidine rings is 1. The van der Waals surface area contributed by atoms with Gasteiger partial charge in [-0.05, 0) is 43.7 Å². The van der Waals surface area contributed by atoms with Gasteiger partial charge in [-0.25, -0.2) is 9.97 Å². The number of hydrogen-bond acceptors (Lipinski definition) is 9. The van der Waals surface area contributed by atoms with Crippen LogP contribution in [-0.4, -0.2) is 70.1 Å². The van der Waals surface area contributed by atoms with Gasteiger partial charge in [0.15, 0.2) is 5.65 Å². The molecule has 2 aromatic carbocycles. The summed E-state index contributed by atoms with van der Waals surface area (Å²) in [5.74, 6) is 1.45. The van der Waals surface area contributed by atoms with Crippen LogP contribution in [0.2, 0.25) is 10.0 Å². The Hall–Kier alpha value is -4.58. The van der Waals surface area contributed by atoms with E-state index in [0.29, 0.717) is 72.4 Å². The lowest BCUT2D eigenvalue weighted by Crippen LogP contribution is -2.37. The van der Waals surface area contributed by atoms with Crippen molar-refractivity contribution in [2.45, 2.75) is 25.9 Å². The van der Waals surface area contributed by atoms with E-state index < -0.39 is 0 Å². The zero-order chi connectivity index (χ0) is 32.4. The van der Waals surface area contributed by atoms with E-state index >= 15 is 0 Å². The molecule has 1 amide bonds. The van der Waals surface area contributed by atoms with Gasteiger partial charge >= 0.3 is 0 Å². The Morgan fingerprint density at radius 2 is 1.78 bits per heavy atom. The number of halogens is 2. The standard InChI is InChI=1S/C33H33Cl2N7O4/c1-5-27(43)38-24-16-21(46-20-9-12-41(6-2)13-10-20)7-8-23(24)39-33-37-18-19-15-22(32-36-11-14-42(32)31(19)40-33)28-29(34)25(44-3)17-26(45-4)30(28)35/h5,7-8,11,14-18,20H,1,6,9-10,12-13H2,2-4H3,(H,38,43)(H,37,39,40). The molecule has 46 heavy (non-hydrogen) atoms. The predicted molar refractivity (Wildman–Crippen MR) is 181 cm³/mol. The van der Waals surface area contributed by atoms with Gasteiger partial charge in [0.2, 0.25) is 11.9 Å². The largest absolute Gasteiger partial charge is 0.495 e. The topological polar surface area (TPSA) is 115 Å². The lowest BCUT2D eigenvalue weighted by atomic mass is 10.0. The Labute approximate surface area is 276 Å². The van der Waals surface area contributed by atoms with E-state index in [1.54, 1.807) is 30.7 Å². The number of ether oxygens (including phenoxy) is 3. The van der Waals surface area contributed by atoms with E-state index in [4.69, 9.17) is 42.4 Å². The number of aromatic nitrogens is 4. The Morgan fingerprint density at radius 1 is 1.04 bits per heavy atom. The quantitative estimate of drug-likeness (QED) is 0.153. The number of likely N-dealkylation sites (tertiary alicyclic amines) is 1. The summed E-state index contributed by atoms with van der Waals surface area (Å²) in [5.41, 5.74) is 3.42. The number of rotatable bonds is 10. The van der Waals surface area contributed by atoms with E-state index in [1.165, 1.54) is 20.3 Å². The highest BCUT2D eigenvalue weighted by Crippen LogP contribution is 2.47. The fourth-order valence-electron chi connectivity index (χ4n) is 5.59. The van der Waals surface area contributed by atoms with Crippen LogP contribution in [0.5, 0.6) is 17.2 Å². The first-order chi connectivity index (χ1) is 22.3. The van der Waals surface area contributed by atoms with Gasteiger partial charge in [0.05, 0.1) is 35.6 Å². The number of anilines is 3. The Kier molecular flexibility index (Phi) is 9.16. The molecular weight excluding hydrogens is 629 g/mol. The normalized spacial score (nSPS) is 13.9. The second kappa shape index (κ2) is 13.4. The van der Waals surface area contributed by atoms with Crippen molar-refractivity contribution in [2.75, 3.05) is 44.5 Å². The summed E-state index contributed by atoms with van der Waals surface area (Å²) < 4.78 is 19.1. The molecule has 1 fully saturated rings. The molecule has 5 aromatic rings. The van der Waals surface area contributed by atoms with Gasteiger partial charge < -0.3 is 29.7 Å². The summed E-state index contributed by atoms with van der Waals surface area (Å²) in [6.07, 6.45) is 8.37. The van der Waals surface area contributed by atoms with Crippen molar-refractivity contribution in [3.05, 3.63) is 71.6 Å². The van der Waals surface area contributed by atoms with Crippen LogP contribution in [0.1, 0.15) is 19.8 Å². The number of carbonyl (C=O) groups excluding carboxylic acids is 1. The third-order valence-corrected chi connectivity index (χ3v) is 8.76. The van der Waals surface area contributed by atoms with Crippen LogP contribution < -0.4 is 24.8 Å². The van der Waals surface area contributed by atoms with E-state index in [1.807, 2.05) is 22.6 Å². The second-order valence-corrected chi connectivity index (χ2v) is 11.5. The van der Waals surface area contributed by atoms with Crippen molar-refractivity contribution in [2.24, 2.45) is 0 Å². The molecule has 4 heterocycles. The maximum atomic E-state index is 12.3. The number of carbonyl (C=O) groups is 1. The SMILES string of the molecule is C=CC(=O)Nc1cc(OC2CCN(CC)CC2)ccc1Nc1ncc2cc(-c3c(Cl)c(OC)cc(OC)c3Cl)c3nccn3c2n1. The molecular formula is C33H33Cl2N7O4. The molecule has 3 aromatic heterocycles. The van der Waals surface area contributed by atoms with E-state index in [-0.39, 0.29) is 12.0 Å². The zero-order valence-corrected chi connectivity index (χ0v) is 27.2. The molecule has 0 radical (unpaired) electrons. The first-order valence-electron chi connectivity index (χ1n) is 14.8. The molecule has 0 unspecified atom stereocenters. The number of pyridine rings is 1. The maximum absolute atomic E-state index is 12.3. The fourth-order valence-corrected chi connectivity index (χ4v) is 6.29. The summed E-state index contributed by atoms with van der Waals surface area (Å²) >= 11 is 13.5. The summed E-state index contributed by atoms with van der Waals surface area (Å²) in [4.78, 5) is 28.7. The minimum Gasteiger partial charge on any atom is -0.495 e. The van der Waals surface area contributed by atoms with Crippen molar-refractivity contribution < 1.29 is 19.0 Å². The number of hydrogen-bond donors (Lipinski definition) is 2. The highest BCUT2D eigenvalue weighted by atomic mass is 35.5. The number of benzene rings is 2. The third kappa shape index (κ3) is 6.13. The average molecular weight is 663 g/mol. The minimum atomic E-state index is -0.352. The number of nitrogens with one attached hydrogen (secondary N) is 2. The van der Waals surface area contributed by atoms with Crippen molar-refractivity contribution >= 4 is 63.1 Å². The molecule has 1 saturated heterocycles. The number of imidazole rings is 1. The van der Waals surface area contributed by atoms with Crippen LogP contribution >= 0.6 is 23.2 Å². The maximum Gasteiger partial charge on any atom is 0.247 e. The van der Waals surface area contributed by atoms with Crippen LogP contribution in [0.25, 0.3) is 27.8 Å².